The summed E-state index contributed by atoms with van der Waals surface area (Å²) in [4.78, 5) is 0. The molecule has 0 aliphatic carbocycles. The summed E-state index contributed by atoms with van der Waals surface area (Å²) >= 11 is 0. The Morgan fingerprint density at radius 1 is 1.32 bits per heavy atom. The summed E-state index contributed by atoms with van der Waals surface area (Å²) in [5.74, 6) is 0.303. The minimum atomic E-state index is -1.09. The second kappa shape index (κ2) is 9.14. The summed E-state index contributed by atoms with van der Waals surface area (Å²) in [5, 5.41) is 14.9. The lowest BCUT2D eigenvalue weighted by Crippen LogP contribution is -2.59. The van der Waals surface area contributed by atoms with Crippen molar-refractivity contribution in [2.75, 3.05) is 40.0 Å². The maximum atomic E-state index is 13.7. The van der Waals surface area contributed by atoms with E-state index in [1.54, 1.807) is 13.2 Å². The van der Waals surface area contributed by atoms with Crippen LogP contribution in [-0.2, 0) is 15.9 Å². The van der Waals surface area contributed by atoms with Gasteiger partial charge in [0.15, 0.2) is 0 Å². The smallest absolute Gasteiger partial charge is 0.123 e. The van der Waals surface area contributed by atoms with Crippen LogP contribution in [0.15, 0.2) is 18.2 Å². The van der Waals surface area contributed by atoms with E-state index in [1.165, 1.54) is 12.1 Å². The van der Waals surface area contributed by atoms with Crippen LogP contribution in [0, 0.1) is 11.7 Å². The fourth-order valence-electron chi connectivity index (χ4n) is 3.80. The highest BCUT2D eigenvalue weighted by atomic mass is 35.5. The Balaban J connectivity index is 0.00000225. The molecule has 5 nitrogen and oxygen atoms in total. The van der Waals surface area contributed by atoms with E-state index in [0.29, 0.717) is 44.1 Å². The molecule has 25 heavy (non-hydrogen) atoms. The van der Waals surface area contributed by atoms with Crippen LogP contribution in [0.4, 0.5) is 4.39 Å². The molecule has 142 valence electrons. The third-order valence-electron chi connectivity index (χ3n) is 5.13. The van der Waals surface area contributed by atoms with Crippen LogP contribution in [0.2, 0.25) is 0 Å². The number of benzene rings is 1. The zero-order valence-corrected chi connectivity index (χ0v) is 15.3. The molecular weight excluding hydrogens is 349 g/mol. The average molecular weight is 376 g/mol. The van der Waals surface area contributed by atoms with Gasteiger partial charge in [0.05, 0.1) is 25.4 Å². The monoisotopic (exact) mass is 375 g/mol. The quantitative estimate of drug-likeness (QED) is 0.823. The first-order valence-electron chi connectivity index (χ1n) is 8.58. The Hall–Kier alpha value is -0.920. The van der Waals surface area contributed by atoms with Crippen molar-refractivity contribution in [2.45, 2.75) is 31.0 Å². The molecule has 2 N–H and O–H groups in total. The number of ether oxygens (including phenoxy) is 3. The Kier molecular flexibility index (Phi) is 7.46. The van der Waals surface area contributed by atoms with E-state index in [-0.39, 0.29) is 30.2 Å². The van der Waals surface area contributed by atoms with Gasteiger partial charge < -0.3 is 24.6 Å². The predicted octanol–water partition coefficient (Wildman–Crippen LogP) is 1.94. The van der Waals surface area contributed by atoms with Crippen molar-refractivity contribution in [3.63, 3.8) is 0 Å². The number of nitrogens with one attached hydrogen (secondary N) is 1. The molecule has 0 aromatic heterocycles. The van der Waals surface area contributed by atoms with Crippen LogP contribution in [0.25, 0.3) is 0 Å². The first kappa shape index (κ1) is 20.4. The number of hydrogen-bond acceptors (Lipinski definition) is 5. The summed E-state index contributed by atoms with van der Waals surface area (Å²) in [5.41, 5.74) is -0.418. The summed E-state index contributed by atoms with van der Waals surface area (Å²) in [6, 6.07) is 4.42. The van der Waals surface area contributed by atoms with Gasteiger partial charge in [-0.1, -0.05) is 0 Å². The summed E-state index contributed by atoms with van der Waals surface area (Å²) in [6.07, 6.45) is 1.51. The Morgan fingerprint density at radius 3 is 2.72 bits per heavy atom. The first-order chi connectivity index (χ1) is 11.6. The lowest BCUT2D eigenvalue weighted by Gasteiger charge is -2.45. The highest BCUT2D eigenvalue weighted by Crippen LogP contribution is 2.37. The number of halogens is 2. The number of morpholine rings is 1. The van der Waals surface area contributed by atoms with Crippen molar-refractivity contribution in [1.29, 1.82) is 0 Å². The van der Waals surface area contributed by atoms with Crippen molar-refractivity contribution in [2.24, 2.45) is 5.92 Å². The van der Waals surface area contributed by atoms with Crippen molar-refractivity contribution in [1.82, 2.24) is 5.32 Å². The van der Waals surface area contributed by atoms with E-state index in [1.807, 2.05) is 0 Å². The van der Waals surface area contributed by atoms with Crippen molar-refractivity contribution >= 4 is 12.4 Å². The normalized spacial score (nSPS) is 24.2. The van der Waals surface area contributed by atoms with E-state index >= 15 is 0 Å². The van der Waals surface area contributed by atoms with Crippen LogP contribution in [-0.4, -0.2) is 56.8 Å². The van der Waals surface area contributed by atoms with Crippen molar-refractivity contribution < 1.29 is 23.7 Å². The van der Waals surface area contributed by atoms with Crippen LogP contribution in [0.1, 0.15) is 18.4 Å². The number of methoxy groups -OCH3 is 1. The molecule has 0 radical (unpaired) electrons. The molecule has 2 saturated heterocycles. The standard InChI is InChI=1S/C18H26FNO4.ClH/c1-22-16-3-2-15(19)10-13(16)11-18(21,14-4-7-23-8-5-14)17-12-20-6-9-24-17;/h2-3,10,14,17,20-21H,4-9,11-12H2,1H3;1H. The third kappa shape index (κ3) is 4.63. The Labute approximate surface area is 154 Å². The van der Waals surface area contributed by atoms with E-state index in [4.69, 9.17) is 14.2 Å². The fourth-order valence-corrected chi connectivity index (χ4v) is 3.80. The number of aliphatic hydroxyl groups is 1. The summed E-state index contributed by atoms with van der Waals surface area (Å²) in [7, 11) is 1.56. The van der Waals surface area contributed by atoms with E-state index in [0.717, 1.165) is 19.4 Å². The predicted molar refractivity (Wildman–Crippen MR) is 95.0 cm³/mol. The molecule has 2 aliphatic heterocycles. The highest BCUT2D eigenvalue weighted by Gasteiger charge is 2.46. The van der Waals surface area contributed by atoms with Gasteiger partial charge in [0.25, 0.3) is 0 Å². The number of hydrogen-bond donors (Lipinski definition) is 2. The molecule has 2 atom stereocenters. The molecule has 2 aliphatic rings. The van der Waals surface area contributed by atoms with E-state index < -0.39 is 5.60 Å². The fraction of sp³-hybridized carbons (Fsp3) is 0.667. The largest absolute Gasteiger partial charge is 0.496 e. The SMILES string of the molecule is COc1ccc(F)cc1CC(O)(C1CCOCC1)C1CNCCO1.Cl. The van der Waals surface area contributed by atoms with Crippen LogP contribution in [0.5, 0.6) is 5.75 Å². The molecule has 3 rings (SSSR count). The topological polar surface area (TPSA) is 60.0 Å². The maximum absolute atomic E-state index is 13.7. The van der Waals surface area contributed by atoms with E-state index in [9.17, 15) is 9.50 Å². The van der Waals surface area contributed by atoms with Gasteiger partial charge in [-0.15, -0.1) is 12.4 Å². The Bertz CT molecular complexity index is 530. The maximum Gasteiger partial charge on any atom is 0.123 e. The zero-order chi connectivity index (χ0) is 17.0. The van der Waals surface area contributed by atoms with Crippen molar-refractivity contribution in [3.8, 4) is 5.75 Å². The first-order valence-corrected chi connectivity index (χ1v) is 8.58. The molecule has 2 unspecified atom stereocenters. The van der Waals surface area contributed by atoms with Gasteiger partial charge in [0.2, 0.25) is 0 Å². The highest BCUT2D eigenvalue weighted by molar-refractivity contribution is 5.85. The molecular formula is C18H27ClFNO4. The second-order valence-electron chi connectivity index (χ2n) is 6.57. The molecule has 0 bridgehead atoms. The minimum absolute atomic E-state index is 0. The lowest BCUT2D eigenvalue weighted by molar-refractivity contribution is -0.163. The molecule has 0 saturated carbocycles. The van der Waals surface area contributed by atoms with Gasteiger partial charge in [0, 0.05) is 32.7 Å². The van der Waals surface area contributed by atoms with Gasteiger partial charge in [-0.3, -0.25) is 0 Å². The second-order valence-corrected chi connectivity index (χ2v) is 6.57. The zero-order valence-electron chi connectivity index (χ0n) is 14.5. The van der Waals surface area contributed by atoms with Gasteiger partial charge in [-0.25, -0.2) is 4.39 Å². The lowest BCUT2D eigenvalue weighted by atomic mass is 9.74. The summed E-state index contributed by atoms with van der Waals surface area (Å²) < 4.78 is 30.4. The van der Waals surface area contributed by atoms with Crippen LogP contribution >= 0.6 is 12.4 Å². The van der Waals surface area contributed by atoms with Gasteiger partial charge in [-0.2, -0.15) is 0 Å². The average Bonchev–Trinajstić information content (AvgIpc) is 2.63. The minimum Gasteiger partial charge on any atom is -0.496 e. The van der Waals surface area contributed by atoms with Gasteiger partial charge in [-0.05, 0) is 42.5 Å². The van der Waals surface area contributed by atoms with Gasteiger partial charge in [0.1, 0.15) is 11.6 Å². The molecule has 0 spiro atoms. The molecule has 2 heterocycles. The Morgan fingerprint density at radius 2 is 2.08 bits per heavy atom. The van der Waals surface area contributed by atoms with Gasteiger partial charge >= 0.3 is 0 Å². The van der Waals surface area contributed by atoms with Crippen LogP contribution in [0.3, 0.4) is 0 Å². The molecule has 7 heteroatoms. The third-order valence-corrected chi connectivity index (χ3v) is 5.13. The molecule has 2 fully saturated rings. The number of rotatable bonds is 5. The molecule has 1 aromatic carbocycles. The molecule has 0 amide bonds. The molecule has 1 aromatic rings. The van der Waals surface area contributed by atoms with Crippen LogP contribution < -0.4 is 10.1 Å². The van der Waals surface area contributed by atoms with Crippen molar-refractivity contribution in [3.05, 3.63) is 29.6 Å². The summed E-state index contributed by atoms with van der Waals surface area (Å²) in [6.45, 7) is 3.20. The van der Waals surface area contributed by atoms with E-state index in [2.05, 4.69) is 5.32 Å².